The standard InChI is InChI=1S/C13H16N2S/c1-8-6-12(14)5-4-11(8)7-13-9(2)15-10(3)16-13/h4-6H,7,14H2,1-3H3. The topological polar surface area (TPSA) is 38.9 Å². The summed E-state index contributed by atoms with van der Waals surface area (Å²) in [5.74, 6) is 0. The maximum atomic E-state index is 5.75. The predicted octanol–water partition coefficient (Wildman–Crippen LogP) is 3.24. The first-order valence-electron chi connectivity index (χ1n) is 5.34. The van der Waals surface area contributed by atoms with E-state index in [0.717, 1.165) is 22.8 Å². The molecule has 1 aromatic heterocycles. The van der Waals surface area contributed by atoms with Crippen LogP contribution >= 0.6 is 11.3 Å². The second-order valence-electron chi connectivity index (χ2n) is 4.10. The number of hydrogen-bond donors (Lipinski definition) is 1. The third-order valence-electron chi connectivity index (χ3n) is 2.72. The molecule has 0 aliphatic rings. The number of anilines is 1. The van der Waals surface area contributed by atoms with Gasteiger partial charge in [0.1, 0.15) is 0 Å². The summed E-state index contributed by atoms with van der Waals surface area (Å²) >= 11 is 1.78. The number of thiazole rings is 1. The van der Waals surface area contributed by atoms with Crippen LogP contribution in [-0.2, 0) is 6.42 Å². The fourth-order valence-corrected chi connectivity index (χ4v) is 2.79. The van der Waals surface area contributed by atoms with Crippen LogP contribution < -0.4 is 5.73 Å². The van der Waals surface area contributed by atoms with Crippen LogP contribution in [0.1, 0.15) is 26.7 Å². The van der Waals surface area contributed by atoms with E-state index >= 15 is 0 Å². The first-order valence-corrected chi connectivity index (χ1v) is 6.16. The van der Waals surface area contributed by atoms with Crippen LogP contribution in [0.3, 0.4) is 0 Å². The molecule has 84 valence electrons. The van der Waals surface area contributed by atoms with E-state index in [4.69, 9.17) is 5.73 Å². The Morgan fingerprint density at radius 3 is 2.56 bits per heavy atom. The quantitative estimate of drug-likeness (QED) is 0.807. The highest BCUT2D eigenvalue weighted by molar-refractivity contribution is 7.11. The van der Waals surface area contributed by atoms with Crippen molar-refractivity contribution >= 4 is 17.0 Å². The molecule has 0 fully saturated rings. The summed E-state index contributed by atoms with van der Waals surface area (Å²) in [6, 6.07) is 6.10. The van der Waals surface area contributed by atoms with Crippen molar-refractivity contribution in [3.05, 3.63) is 44.9 Å². The molecule has 1 heterocycles. The van der Waals surface area contributed by atoms with E-state index in [1.54, 1.807) is 11.3 Å². The normalized spacial score (nSPS) is 10.7. The Kier molecular flexibility index (Phi) is 2.97. The summed E-state index contributed by atoms with van der Waals surface area (Å²) in [5, 5.41) is 1.14. The second-order valence-corrected chi connectivity index (χ2v) is 5.39. The molecule has 0 aliphatic heterocycles. The van der Waals surface area contributed by atoms with Crippen LogP contribution in [0.2, 0.25) is 0 Å². The van der Waals surface area contributed by atoms with Gasteiger partial charge in [-0.25, -0.2) is 4.98 Å². The number of benzene rings is 1. The summed E-state index contributed by atoms with van der Waals surface area (Å²) < 4.78 is 0. The number of rotatable bonds is 2. The number of nitrogens with zero attached hydrogens (tertiary/aromatic N) is 1. The number of aromatic nitrogens is 1. The van der Waals surface area contributed by atoms with E-state index in [-0.39, 0.29) is 0 Å². The van der Waals surface area contributed by atoms with Gasteiger partial charge < -0.3 is 5.73 Å². The zero-order valence-corrected chi connectivity index (χ0v) is 10.7. The minimum atomic E-state index is 0.832. The summed E-state index contributed by atoms with van der Waals surface area (Å²) in [6.45, 7) is 6.23. The first-order chi connectivity index (χ1) is 7.56. The molecule has 0 saturated heterocycles. The first kappa shape index (κ1) is 11.1. The second kappa shape index (κ2) is 4.26. The van der Waals surface area contributed by atoms with Gasteiger partial charge in [-0.3, -0.25) is 0 Å². The van der Waals surface area contributed by atoms with Crippen molar-refractivity contribution < 1.29 is 0 Å². The van der Waals surface area contributed by atoms with Crippen molar-refractivity contribution in [3.63, 3.8) is 0 Å². The Hall–Kier alpha value is -1.35. The van der Waals surface area contributed by atoms with Gasteiger partial charge in [-0.05, 0) is 44.0 Å². The number of nitrogen functional groups attached to an aromatic ring is 1. The molecule has 16 heavy (non-hydrogen) atoms. The molecule has 0 spiro atoms. The van der Waals surface area contributed by atoms with Crippen LogP contribution in [0, 0.1) is 20.8 Å². The van der Waals surface area contributed by atoms with E-state index in [1.807, 2.05) is 12.1 Å². The van der Waals surface area contributed by atoms with E-state index in [9.17, 15) is 0 Å². The van der Waals surface area contributed by atoms with E-state index in [2.05, 4.69) is 31.8 Å². The smallest absolute Gasteiger partial charge is 0.0900 e. The molecular formula is C13H16N2S. The van der Waals surface area contributed by atoms with Crippen molar-refractivity contribution in [2.45, 2.75) is 27.2 Å². The average molecular weight is 232 g/mol. The summed E-state index contributed by atoms with van der Waals surface area (Å²) in [5.41, 5.74) is 10.3. The molecule has 0 radical (unpaired) electrons. The van der Waals surface area contributed by atoms with Gasteiger partial charge in [-0.15, -0.1) is 11.3 Å². The van der Waals surface area contributed by atoms with Gasteiger partial charge in [0.05, 0.1) is 10.7 Å². The minimum Gasteiger partial charge on any atom is -0.399 e. The molecular weight excluding hydrogens is 216 g/mol. The van der Waals surface area contributed by atoms with Crippen LogP contribution in [0.15, 0.2) is 18.2 Å². The van der Waals surface area contributed by atoms with E-state index in [0.29, 0.717) is 0 Å². The average Bonchev–Trinajstić information content (AvgIpc) is 2.50. The SMILES string of the molecule is Cc1nc(C)c(Cc2ccc(N)cc2C)s1. The molecule has 0 amide bonds. The van der Waals surface area contributed by atoms with E-state index < -0.39 is 0 Å². The molecule has 1 aromatic carbocycles. The Labute approximate surface area is 100 Å². The molecule has 2 rings (SSSR count). The van der Waals surface area contributed by atoms with Crippen LogP contribution in [-0.4, -0.2) is 4.98 Å². The van der Waals surface area contributed by atoms with E-state index in [1.165, 1.54) is 16.0 Å². The maximum absolute atomic E-state index is 5.75. The van der Waals surface area contributed by atoms with Crippen molar-refractivity contribution in [2.75, 3.05) is 5.73 Å². The number of hydrogen-bond acceptors (Lipinski definition) is 3. The van der Waals surface area contributed by atoms with Crippen molar-refractivity contribution in [3.8, 4) is 0 Å². The van der Waals surface area contributed by atoms with Gasteiger partial charge in [0.15, 0.2) is 0 Å². The van der Waals surface area contributed by atoms with Gasteiger partial charge in [-0.2, -0.15) is 0 Å². The third-order valence-corrected chi connectivity index (χ3v) is 3.79. The molecule has 0 bridgehead atoms. The summed E-state index contributed by atoms with van der Waals surface area (Å²) in [4.78, 5) is 5.80. The van der Waals surface area contributed by atoms with Gasteiger partial charge >= 0.3 is 0 Å². The maximum Gasteiger partial charge on any atom is 0.0900 e. The van der Waals surface area contributed by atoms with Crippen molar-refractivity contribution in [2.24, 2.45) is 0 Å². The molecule has 2 aromatic rings. The molecule has 0 atom stereocenters. The fraction of sp³-hybridized carbons (Fsp3) is 0.308. The van der Waals surface area contributed by atoms with Gasteiger partial charge in [0, 0.05) is 17.0 Å². The van der Waals surface area contributed by atoms with Crippen LogP contribution in [0.4, 0.5) is 5.69 Å². The Balaban J connectivity index is 2.30. The lowest BCUT2D eigenvalue weighted by Crippen LogP contribution is -1.93. The lowest BCUT2D eigenvalue weighted by atomic mass is 10.0. The highest BCUT2D eigenvalue weighted by atomic mass is 32.1. The minimum absolute atomic E-state index is 0.832. The highest BCUT2D eigenvalue weighted by Gasteiger charge is 2.07. The zero-order chi connectivity index (χ0) is 11.7. The van der Waals surface area contributed by atoms with Gasteiger partial charge in [0.25, 0.3) is 0 Å². The fourth-order valence-electron chi connectivity index (χ4n) is 1.83. The Morgan fingerprint density at radius 2 is 2.00 bits per heavy atom. The Morgan fingerprint density at radius 1 is 1.25 bits per heavy atom. The highest BCUT2D eigenvalue weighted by Crippen LogP contribution is 2.23. The van der Waals surface area contributed by atoms with Crippen molar-refractivity contribution in [1.82, 2.24) is 4.98 Å². The molecule has 0 saturated carbocycles. The monoisotopic (exact) mass is 232 g/mol. The Bertz CT molecular complexity index is 515. The van der Waals surface area contributed by atoms with Crippen LogP contribution in [0.5, 0.6) is 0 Å². The molecule has 0 unspecified atom stereocenters. The summed E-state index contributed by atoms with van der Waals surface area (Å²) in [7, 11) is 0. The molecule has 2 nitrogen and oxygen atoms in total. The number of aryl methyl sites for hydroxylation is 3. The van der Waals surface area contributed by atoms with Gasteiger partial charge in [0.2, 0.25) is 0 Å². The zero-order valence-electron chi connectivity index (χ0n) is 9.87. The third kappa shape index (κ3) is 2.25. The van der Waals surface area contributed by atoms with Crippen LogP contribution in [0.25, 0.3) is 0 Å². The number of nitrogens with two attached hydrogens (primary N) is 1. The molecule has 3 heteroatoms. The predicted molar refractivity (Wildman–Crippen MR) is 70.0 cm³/mol. The molecule has 2 N–H and O–H groups in total. The lowest BCUT2D eigenvalue weighted by molar-refractivity contribution is 1.11. The van der Waals surface area contributed by atoms with Gasteiger partial charge in [-0.1, -0.05) is 6.07 Å². The van der Waals surface area contributed by atoms with Crippen molar-refractivity contribution in [1.29, 1.82) is 0 Å². The summed E-state index contributed by atoms with van der Waals surface area (Å²) in [6.07, 6.45) is 0.962. The molecule has 0 aliphatic carbocycles. The lowest BCUT2D eigenvalue weighted by Gasteiger charge is -2.05. The largest absolute Gasteiger partial charge is 0.399 e.